The summed E-state index contributed by atoms with van der Waals surface area (Å²) in [5.41, 5.74) is 8.26. The lowest BCUT2D eigenvalue weighted by Gasteiger charge is -2.21. The van der Waals surface area contributed by atoms with Crippen molar-refractivity contribution in [3.63, 3.8) is 0 Å². The summed E-state index contributed by atoms with van der Waals surface area (Å²) in [4.78, 5) is 0. The first-order valence-electron chi connectivity index (χ1n) is 6.31. The molecule has 19 heavy (non-hydrogen) atoms. The third-order valence-corrected chi connectivity index (χ3v) is 3.65. The Kier molecular flexibility index (Phi) is 2.89. The summed E-state index contributed by atoms with van der Waals surface area (Å²) < 4.78 is 24.8. The van der Waals surface area contributed by atoms with Crippen LogP contribution >= 0.6 is 0 Å². The molecule has 0 unspecified atom stereocenters. The van der Waals surface area contributed by atoms with Gasteiger partial charge in [0.25, 0.3) is 0 Å². The molecule has 0 saturated heterocycles. The molecule has 1 aliphatic rings. The van der Waals surface area contributed by atoms with Crippen molar-refractivity contribution in [2.24, 2.45) is 0 Å². The van der Waals surface area contributed by atoms with Gasteiger partial charge in [-0.3, -0.25) is 0 Å². The molecular formula is C14H15FN2O2. The van der Waals surface area contributed by atoms with E-state index in [1.165, 1.54) is 6.20 Å². The number of rotatable bonds is 2. The number of fused-ring (bicyclic) bond motifs is 1. The Hall–Kier alpha value is -2.04. The van der Waals surface area contributed by atoms with Crippen molar-refractivity contribution in [2.75, 3.05) is 12.8 Å². The zero-order valence-electron chi connectivity index (χ0n) is 10.7. The van der Waals surface area contributed by atoms with Gasteiger partial charge in [-0.05, 0) is 37.3 Å². The monoisotopic (exact) mass is 262 g/mol. The van der Waals surface area contributed by atoms with Crippen molar-refractivity contribution in [1.82, 2.24) is 5.16 Å². The zero-order chi connectivity index (χ0) is 13.4. The van der Waals surface area contributed by atoms with E-state index in [9.17, 15) is 4.39 Å². The molecule has 0 radical (unpaired) electrons. The Morgan fingerprint density at radius 2 is 2.00 bits per heavy atom. The van der Waals surface area contributed by atoms with Crippen LogP contribution in [0.15, 0.2) is 16.8 Å². The smallest absolute Gasteiger partial charge is 0.230 e. The molecule has 1 aromatic heterocycles. The average molecular weight is 262 g/mol. The van der Waals surface area contributed by atoms with Crippen LogP contribution in [0.1, 0.15) is 24.0 Å². The highest BCUT2D eigenvalue weighted by molar-refractivity contribution is 5.75. The van der Waals surface area contributed by atoms with Gasteiger partial charge in [-0.1, -0.05) is 5.16 Å². The number of anilines is 1. The number of nitrogen functional groups attached to an aromatic ring is 1. The number of hydrogen-bond donors (Lipinski definition) is 1. The average Bonchev–Trinajstić information content (AvgIpc) is 2.86. The molecular weight excluding hydrogens is 247 g/mol. The lowest BCUT2D eigenvalue weighted by molar-refractivity contribution is 0.404. The number of aromatic nitrogens is 1. The normalized spacial score (nSPS) is 14.2. The van der Waals surface area contributed by atoms with Gasteiger partial charge < -0.3 is 15.0 Å². The molecule has 2 N–H and O–H groups in total. The van der Waals surface area contributed by atoms with E-state index in [1.54, 1.807) is 13.2 Å². The summed E-state index contributed by atoms with van der Waals surface area (Å²) in [6, 6.07) is 1.68. The molecule has 0 saturated carbocycles. The molecule has 3 rings (SSSR count). The van der Waals surface area contributed by atoms with E-state index in [2.05, 4.69) is 5.16 Å². The maximum Gasteiger partial charge on any atom is 0.230 e. The maximum atomic E-state index is 14.6. The van der Waals surface area contributed by atoms with Crippen LogP contribution in [0.5, 0.6) is 5.75 Å². The molecule has 0 spiro atoms. The summed E-state index contributed by atoms with van der Waals surface area (Å²) in [5.74, 6) is 0.605. The first-order chi connectivity index (χ1) is 9.22. The molecule has 0 fully saturated rings. The summed E-state index contributed by atoms with van der Waals surface area (Å²) in [6.07, 6.45) is 5.08. The second-order valence-electron chi connectivity index (χ2n) is 4.71. The highest BCUT2D eigenvalue weighted by atomic mass is 19.1. The van der Waals surface area contributed by atoms with Crippen molar-refractivity contribution in [2.45, 2.75) is 25.7 Å². The van der Waals surface area contributed by atoms with Gasteiger partial charge in [0.1, 0.15) is 11.6 Å². The minimum absolute atomic E-state index is 0.122. The van der Waals surface area contributed by atoms with Gasteiger partial charge in [-0.25, -0.2) is 4.39 Å². The van der Waals surface area contributed by atoms with Crippen molar-refractivity contribution in [3.8, 4) is 16.9 Å². The number of benzene rings is 1. The Morgan fingerprint density at radius 3 is 2.63 bits per heavy atom. The predicted octanol–water partition coefficient (Wildman–Crippen LogP) is 2.95. The van der Waals surface area contributed by atoms with Gasteiger partial charge in [0.05, 0.1) is 18.9 Å². The highest BCUT2D eigenvalue weighted by Gasteiger charge is 2.23. The van der Waals surface area contributed by atoms with Crippen molar-refractivity contribution in [1.29, 1.82) is 0 Å². The standard InChI is InChI=1S/C14H15FN2O2/c1-18-12-6-10(11-7-17-19-14(11)16)13(15)9-5-3-2-4-8(9)12/h6-7H,2-5,16H2,1H3. The van der Waals surface area contributed by atoms with Gasteiger partial charge in [0.15, 0.2) is 0 Å². The maximum absolute atomic E-state index is 14.6. The molecule has 1 aromatic carbocycles. The second-order valence-corrected chi connectivity index (χ2v) is 4.71. The molecule has 1 aliphatic carbocycles. The molecule has 0 atom stereocenters. The molecule has 1 heterocycles. The van der Waals surface area contributed by atoms with E-state index in [0.29, 0.717) is 16.9 Å². The fourth-order valence-corrected chi connectivity index (χ4v) is 2.69. The molecule has 2 aromatic rings. The summed E-state index contributed by atoms with van der Waals surface area (Å²) in [7, 11) is 1.60. The minimum atomic E-state index is -0.231. The van der Waals surface area contributed by atoms with Gasteiger partial charge in [-0.15, -0.1) is 0 Å². The number of nitrogens with zero attached hydrogens (tertiary/aromatic N) is 1. The number of methoxy groups -OCH3 is 1. The van der Waals surface area contributed by atoms with E-state index in [-0.39, 0.29) is 11.7 Å². The molecule has 5 heteroatoms. The number of ether oxygens (including phenoxy) is 1. The highest BCUT2D eigenvalue weighted by Crippen LogP contribution is 2.39. The number of hydrogen-bond acceptors (Lipinski definition) is 4. The van der Waals surface area contributed by atoms with Crippen LogP contribution in [0.4, 0.5) is 10.3 Å². The van der Waals surface area contributed by atoms with Crippen LogP contribution in [0.2, 0.25) is 0 Å². The summed E-state index contributed by atoms with van der Waals surface area (Å²) in [5, 5.41) is 3.60. The minimum Gasteiger partial charge on any atom is -0.496 e. The van der Waals surface area contributed by atoms with Crippen molar-refractivity contribution < 1.29 is 13.7 Å². The van der Waals surface area contributed by atoms with E-state index in [0.717, 1.165) is 36.8 Å². The first kappa shape index (κ1) is 12.0. The van der Waals surface area contributed by atoms with Crippen LogP contribution < -0.4 is 10.5 Å². The van der Waals surface area contributed by atoms with Crippen LogP contribution in [-0.2, 0) is 12.8 Å². The van der Waals surface area contributed by atoms with Gasteiger partial charge >= 0.3 is 0 Å². The van der Waals surface area contributed by atoms with Crippen LogP contribution in [0.3, 0.4) is 0 Å². The SMILES string of the molecule is COc1cc(-c2cnoc2N)c(F)c2c1CCCC2. The number of nitrogens with two attached hydrogens (primary N) is 1. The Morgan fingerprint density at radius 1 is 1.26 bits per heavy atom. The van der Waals surface area contributed by atoms with Crippen molar-refractivity contribution >= 4 is 5.88 Å². The van der Waals surface area contributed by atoms with Crippen LogP contribution in [0.25, 0.3) is 11.1 Å². The lowest BCUT2D eigenvalue weighted by Crippen LogP contribution is -2.09. The first-order valence-corrected chi connectivity index (χ1v) is 6.31. The molecule has 0 aliphatic heterocycles. The molecule has 4 nitrogen and oxygen atoms in total. The zero-order valence-corrected chi connectivity index (χ0v) is 10.7. The third kappa shape index (κ3) is 1.85. The van der Waals surface area contributed by atoms with E-state index in [1.807, 2.05) is 0 Å². The van der Waals surface area contributed by atoms with E-state index < -0.39 is 0 Å². The molecule has 0 amide bonds. The topological polar surface area (TPSA) is 61.3 Å². The van der Waals surface area contributed by atoms with Gasteiger partial charge in [0, 0.05) is 11.1 Å². The predicted molar refractivity (Wildman–Crippen MR) is 69.5 cm³/mol. The lowest BCUT2D eigenvalue weighted by atomic mass is 9.88. The van der Waals surface area contributed by atoms with Crippen LogP contribution in [0, 0.1) is 5.82 Å². The van der Waals surface area contributed by atoms with E-state index in [4.69, 9.17) is 15.0 Å². The second kappa shape index (κ2) is 4.57. The van der Waals surface area contributed by atoms with Crippen LogP contribution in [-0.4, -0.2) is 12.3 Å². The fraction of sp³-hybridized carbons (Fsp3) is 0.357. The number of halogens is 1. The molecule has 0 bridgehead atoms. The largest absolute Gasteiger partial charge is 0.496 e. The van der Waals surface area contributed by atoms with Crippen molar-refractivity contribution in [3.05, 3.63) is 29.2 Å². The third-order valence-electron chi connectivity index (χ3n) is 3.65. The Bertz CT molecular complexity index is 622. The Labute approximate surface area is 110 Å². The summed E-state index contributed by atoms with van der Waals surface area (Å²) >= 11 is 0. The fourth-order valence-electron chi connectivity index (χ4n) is 2.69. The quantitative estimate of drug-likeness (QED) is 0.903. The molecule has 100 valence electrons. The van der Waals surface area contributed by atoms with E-state index >= 15 is 0 Å². The summed E-state index contributed by atoms with van der Waals surface area (Å²) in [6.45, 7) is 0. The Balaban J connectivity index is 2.24. The van der Waals surface area contributed by atoms with Gasteiger partial charge in [-0.2, -0.15) is 0 Å². The van der Waals surface area contributed by atoms with Gasteiger partial charge in [0.2, 0.25) is 5.88 Å².